The van der Waals surface area contributed by atoms with Crippen molar-refractivity contribution < 1.29 is 19.4 Å². The van der Waals surface area contributed by atoms with Gasteiger partial charge >= 0.3 is 5.97 Å². The summed E-state index contributed by atoms with van der Waals surface area (Å²) in [5.41, 5.74) is 1.45. The maximum atomic E-state index is 12.5. The largest absolute Gasteiger partial charge is 0.483 e. The summed E-state index contributed by atoms with van der Waals surface area (Å²) in [6.45, 7) is -0.354. The highest BCUT2D eigenvalue weighted by atomic mass is 35.5. The number of carboxylic acids is 1. The number of tetrazole rings is 1. The number of hydrogen-bond acceptors (Lipinski definition) is 6. The van der Waals surface area contributed by atoms with Crippen LogP contribution in [0, 0.1) is 0 Å². The average Bonchev–Trinajstić information content (AvgIpc) is 3.24. The Hall–Kier alpha value is -3.69. The van der Waals surface area contributed by atoms with E-state index in [1.807, 2.05) is 6.07 Å². The number of halogens is 2. The van der Waals surface area contributed by atoms with Gasteiger partial charge in [0.05, 0.1) is 10.6 Å². The van der Waals surface area contributed by atoms with E-state index in [9.17, 15) is 14.7 Å². The maximum absolute atomic E-state index is 12.5. The number of carboxylic acid groups (broad SMARTS) is 1. The topological polar surface area (TPSA) is 130 Å². The standard InChI is InChI=1S/C21H15Cl2N5O4/c22-14-7-12-6-13(21(30)31)8-17(20(12)16(23)9-14)32-10-19(29)24-15-3-1-2-11(4-15)5-18-25-27-28-26-18/h1-4,6-9H,5,10H2,(H,24,29)(H,30,31)(H,25,26,27,28). The molecule has 0 aliphatic heterocycles. The van der Waals surface area contributed by atoms with E-state index in [1.165, 1.54) is 18.2 Å². The molecule has 0 fully saturated rings. The van der Waals surface area contributed by atoms with Gasteiger partial charge in [0, 0.05) is 22.5 Å². The summed E-state index contributed by atoms with van der Waals surface area (Å²) in [5.74, 6) is -0.805. The third kappa shape index (κ3) is 4.96. The molecule has 1 aromatic heterocycles. The number of nitrogens with zero attached hydrogens (tertiary/aromatic N) is 3. The number of aromatic amines is 1. The van der Waals surface area contributed by atoms with Gasteiger partial charge in [0.2, 0.25) is 0 Å². The van der Waals surface area contributed by atoms with Crippen LogP contribution in [0.15, 0.2) is 48.5 Å². The highest BCUT2D eigenvalue weighted by Gasteiger charge is 2.15. The van der Waals surface area contributed by atoms with Gasteiger partial charge in [-0.3, -0.25) is 4.79 Å². The van der Waals surface area contributed by atoms with Crippen LogP contribution in [-0.4, -0.2) is 44.2 Å². The summed E-state index contributed by atoms with van der Waals surface area (Å²) in [7, 11) is 0. The van der Waals surface area contributed by atoms with E-state index in [0.717, 1.165) is 5.56 Å². The van der Waals surface area contributed by atoms with E-state index in [4.69, 9.17) is 27.9 Å². The summed E-state index contributed by atoms with van der Waals surface area (Å²) in [5, 5.41) is 27.3. The molecule has 32 heavy (non-hydrogen) atoms. The number of amides is 1. The normalized spacial score (nSPS) is 10.8. The van der Waals surface area contributed by atoms with Crippen molar-refractivity contribution in [3.05, 3.63) is 75.5 Å². The Bertz CT molecular complexity index is 1310. The lowest BCUT2D eigenvalue weighted by Gasteiger charge is -2.13. The van der Waals surface area contributed by atoms with Crippen molar-refractivity contribution in [3.8, 4) is 5.75 Å². The van der Waals surface area contributed by atoms with E-state index < -0.39 is 11.9 Å². The average molecular weight is 472 g/mol. The van der Waals surface area contributed by atoms with Gasteiger partial charge in [0.25, 0.3) is 5.91 Å². The smallest absolute Gasteiger partial charge is 0.335 e. The minimum Gasteiger partial charge on any atom is -0.483 e. The number of nitrogens with one attached hydrogen (secondary N) is 2. The number of ether oxygens (including phenoxy) is 1. The molecule has 3 aromatic carbocycles. The van der Waals surface area contributed by atoms with Crippen molar-refractivity contribution in [1.29, 1.82) is 0 Å². The number of hydrogen-bond donors (Lipinski definition) is 3. The molecule has 0 saturated carbocycles. The number of carbonyl (C=O) groups is 2. The SMILES string of the molecule is O=C(COc1cc(C(=O)O)cc2cc(Cl)cc(Cl)c12)Nc1cccc(Cc2nnn[nH]2)c1. The van der Waals surface area contributed by atoms with Crippen molar-refractivity contribution >= 4 is 51.5 Å². The first kappa shape index (κ1) is 21.5. The zero-order valence-electron chi connectivity index (χ0n) is 16.3. The van der Waals surface area contributed by atoms with Crippen LogP contribution in [-0.2, 0) is 11.2 Å². The summed E-state index contributed by atoms with van der Waals surface area (Å²) < 4.78 is 5.65. The first-order chi connectivity index (χ1) is 15.4. The van der Waals surface area contributed by atoms with Gasteiger partial charge in [-0.25, -0.2) is 9.89 Å². The molecule has 4 rings (SSSR count). The van der Waals surface area contributed by atoms with E-state index in [2.05, 4.69) is 25.9 Å². The lowest BCUT2D eigenvalue weighted by atomic mass is 10.1. The number of anilines is 1. The third-order valence-electron chi connectivity index (χ3n) is 4.51. The molecule has 1 heterocycles. The Morgan fingerprint density at radius 3 is 2.72 bits per heavy atom. The third-order valence-corrected chi connectivity index (χ3v) is 5.02. The van der Waals surface area contributed by atoms with Gasteiger partial charge in [-0.15, -0.1) is 5.10 Å². The van der Waals surface area contributed by atoms with Crippen molar-refractivity contribution in [2.45, 2.75) is 6.42 Å². The number of carbonyl (C=O) groups excluding carboxylic acids is 1. The molecular weight excluding hydrogens is 457 g/mol. The molecular formula is C21H15Cl2N5O4. The molecule has 1 amide bonds. The van der Waals surface area contributed by atoms with E-state index in [-0.39, 0.29) is 22.9 Å². The minimum absolute atomic E-state index is 0.0131. The van der Waals surface area contributed by atoms with Crippen molar-refractivity contribution in [2.75, 3.05) is 11.9 Å². The van der Waals surface area contributed by atoms with Crippen LogP contribution in [0.2, 0.25) is 10.0 Å². The number of aromatic nitrogens is 4. The Kier molecular flexibility index (Phi) is 6.20. The highest BCUT2D eigenvalue weighted by molar-refractivity contribution is 6.39. The van der Waals surface area contributed by atoms with Crippen LogP contribution in [0.5, 0.6) is 5.75 Å². The molecule has 0 atom stereocenters. The van der Waals surface area contributed by atoms with Gasteiger partial charge < -0.3 is 15.2 Å². The molecule has 0 unspecified atom stereocenters. The summed E-state index contributed by atoms with van der Waals surface area (Å²) in [6, 6.07) is 13.1. The molecule has 4 aromatic rings. The Morgan fingerprint density at radius 2 is 1.97 bits per heavy atom. The van der Waals surface area contributed by atoms with Crippen LogP contribution in [0.1, 0.15) is 21.7 Å². The van der Waals surface area contributed by atoms with Crippen LogP contribution < -0.4 is 10.1 Å². The number of benzene rings is 3. The summed E-state index contributed by atoms with van der Waals surface area (Å²) in [4.78, 5) is 23.9. The number of aromatic carboxylic acids is 1. The maximum Gasteiger partial charge on any atom is 0.335 e. The van der Waals surface area contributed by atoms with E-state index in [1.54, 1.807) is 24.3 Å². The molecule has 0 saturated heterocycles. The fourth-order valence-electron chi connectivity index (χ4n) is 3.17. The van der Waals surface area contributed by atoms with Crippen molar-refractivity contribution in [2.24, 2.45) is 0 Å². The fraction of sp³-hybridized carbons (Fsp3) is 0.0952. The minimum atomic E-state index is -1.14. The van der Waals surface area contributed by atoms with Gasteiger partial charge in [0.15, 0.2) is 12.4 Å². The Morgan fingerprint density at radius 1 is 1.12 bits per heavy atom. The van der Waals surface area contributed by atoms with Gasteiger partial charge in [-0.05, 0) is 57.8 Å². The lowest BCUT2D eigenvalue weighted by molar-refractivity contribution is -0.118. The summed E-state index contributed by atoms with van der Waals surface area (Å²) in [6.07, 6.45) is 0.474. The second-order valence-electron chi connectivity index (χ2n) is 6.83. The molecule has 11 heteroatoms. The van der Waals surface area contributed by atoms with Gasteiger partial charge in [0.1, 0.15) is 5.75 Å². The fourth-order valence-corrected chi connectivity index (χ4v) is 3.78. The number of rotatable bonds is 7. The monoisotopic (exact) mass is 471 g/mol. The molecule has 0 spiro atoms. The number of fused-ring (bicyclic) bond motifs is 1. The molecule has 0 radical (unpaired) electrons. The first-order valence-electron chi connectivity index (χ1n) is 9.29. The quantitative estimate of drug-likeness (QED) is 0.371. The predicted molar refractivity (Wildman–Crippen MR) is 118 cm³/mol. The van der Waals surface area contributed by atoms with Crippen LogP contribution in [0.3, 0.4) is 0 Å². The van der Waals surface area contributed by atoms with Crippen molar-refractivity contribution in [1.82, 2.24) is 20.6 Å². The molecule has 162 valence electrons. The van der Waals surface area contributed by atoms with E-state index >= 15 is 0 Å². The second kappa shape index (κ2) is 9.21. The zero-order chi connectivity index (χ0) is 22.7. The van der Waals surface area contributed by atoms with E-state index in [0.29, 0.717) is 33.7 Å². The predicted octanol–water partition coefficient (Wildman–Crippen LogP) is 3.97. The zero-order valence-corrected chi connectivity index (χ0v) is 17.8. The van der Waals surface area contributed by atoms with Gasteiger partial charge in [-0.1, -0.05) is 35.3 Å². The van der Waals surface area contributed by atoms with Crippen molar-refractivity contribution in [3.63, 3.8) is 0 Å². The molecule has 0 aliphatic rings. The van der Waals surface area contributed by atoms with Crippen LogP contribution in [0.4, 0.5) is 5.69 Å². The molecule has 0 bridgehead atoms. The highest BCUT2D eigenvalue weighted by Crippen LogP contribution is 2.36. The van der Waals surface area contributed by atoms with Crippen LogP contribution >= 0.6 is 23.2 Å². The molecule has 3 N–H and O–H groups in total. The summed E-state index contributed by atoms with van der Waals surface area (Å²) >= 11 is 12.3. The van der Waals surface area contributed by atoms with Crippen LogP contribution in [0.25, 0.3) is 10.8 Å². The Balaban J connectivity index is 1.50. The molecule has 9 nitrogen and oxygen atoms in total. The molecule has 0 aliphatic carbocycles. The Labute approximate surface area is 191 Å². The number of H-pyrrole nitrogens is 1. The lowest BCUT2D eigenvalue weighted by Crippen LogP contribution is -2.20. The van der Waals surface area contributed by atoms with Gasteiger partial charge in [-0.2, -0.15) is 0 Å². The second-order valence-corrected chi connectivity index (χ2v) is 7.67. The first-order valence-corrected chi connectivity index (χ1v) is 10.0.